The molecule has 1 fully saturated rings. The molecule has 0 N–H and O–H groups in total. The minimum absolute atomic E-state index is 0.206. The zero-order chi connectivity index (χ0) is 13.1. The monoisotopic (exact) mass is 261 g/mol. The van der Waals surface area contributed by atoms with E-state index in [1.807, 2.05) is 0 Å². The van der Waals surface area contributed by atoms with Gasteiger partial charge in [-0.2, -0.15) is 4.98 Å². The average molecular weight is 261 g/mol. The van der Waals surface area contributed by atoms with E-state index < -0.39 is 0 Å². The lowest BCUT2D eigenvalue weighted by Crippen LogP contribution is -2.33. The summed E-state index contributed by atoms with van der Waals surface area (Å²) in [7, 11) is 0. The zero-order valence-corrected chi connectivity index (χ0v) is 10.5. The maximum Gasteiger partial charge on any atom is 0.241 e. The molecule has 0 aliphatic carbocycles. The molecule has 0 aromatic carbocycles. The lowest BCUT2D eigenvalue weighted by Gasteiger charge is -2.27. The van der Waals surface area contributed by atoms with Crippen LogP contribution >= 0.6 is 0 Å². The number of carbonyl (C=O) groups is 1. The van der Waals surface area contributed by atoms with Crippen molar-refractivity contribution in [3.05, 3.63) is 24.3 Å². The van der Waals surface area contributed by atoms with Crippen molar-refractivity contribution >= 4 is 6.29 Å². The fraction of sp³-hybridized carbons (Fsp3) is 0.462. The summed E-state index contributed by atoms with van der Waals surface area (Å²) in [5.74, 6) is 1.87. The number of furan rings is 1. The lowest BCUT2D eigenvalue weighted by molar-refractivity contribution is -0.112. The minimum atomic E-state index is 0.206. The van der Waals surface area contributed by atoms with E-state index >= 15 is 0 Å². The molecule has 0 bridgehead atoms. The van der Waals surface area contributed by atoms with Crippen molar-refractivity contribution in [2.45, 2.75) is 19.4 Å². The highest BCUT2D eigenvalue weighted by atomic mass is 16.5. The molecule has 100 valence electrons. The Balaban J connectivity index is 1.60. The van der Waals surface area contributed by atoms with Crippen molar-refractivity contribution in [3.8, 4) is 11.6 Å². The molecule has 0 amide bonds. The van der Waals surface area contributed by atoms with Crippen LogP contribution in [-0.2, 0) is 11.3 Å². The van der Waals surface area contributed by atoms with Crippen molar-refractivity contribution in [2.24, 2.45) is 5.92 Å². The van der Waals surface area contributed by atoms with Crippen LogP contribution in [0.3, 0.4) is 0 Å². The number of aldehydes is 1. The topological polar surface area (TPSA) is 72.4 Å². The molecular weight excluding hydrogens is 246 g/mol. The van der Waals surface area contributed by atoms with Crippen molar-refractivity contribution in [3.63, 3.8) is 0 Å². The highest BCUT2D eigenvalue weighted by molar-refractivity contribution is 5.53. The number of piperidine rings is 1. The van der Waals surface area contributed by atoms with Gasteiger partial charge in [0.2, 0.25) is 11.7 Å². The molecule has 6 nitrogen and oxygen atoms in total. The number of nitrogens with zero attached hydrogens (tertiary/aromatic N) is 3. The van der Waals surface area contributed by atoms with Crippen LogP contribution in [-0.4, -0.2) is 34.4 Å². The van der Waals surface area contributed by atoms with E-state index in [4.69, 9.17) is 8.94 Å². The smallest absolute Gasteiger partial charge is 0.241 e. The summed E-state index contributed by atoms with van der Waals surface area (Å²) in [4.78, 5) is 17.2. The second kappa shape index (κ2) is 5.36. The first-order valence-electron chi connectivity index (χ1n) is 6.39. The van der Waals surface area contributed by atoms with Gasteiger partial charge in [-0.05, 0) is 38.1 Å². The molecule has 1 aliphatic rings. The molecule has 3 rings (SSSR count). The third-order valence-electron chi connectivity index (χ3n) is 3.39. The van der Waals surface area contributed by atoms with Crippen LogP contribution in [0.25, 0.3) is 11.6 Å². The van der Waals surface area contributed by atoms with Crippen LogP contribution in [0.1, 0.15) is 18.7 Å². The summed E-state index contributed by atoms with van der Waals surface area (Å²) >= 11 is 0. The van der Waals surface area contributed by atoms with E-state index in [0.717, 1.165) is 32.2 Å². The predicted molar refractivity (Wildman–Crippen MR) is 66.1 cm³/mol. The summed E-state index contributed by atoms with van der Waals surface area (Å²) in [6.07, 6.45) is 4.44. The van der Waals surface area contributed by atoms with Gasteiger partial charge in [-0.3, -0.25) is 4.90 Å². The lowest BCUT2D eigenvalue weighted by atomic mass is 9.99. The number of likely N-dealkylation sites (tertiary alicyclic amines) is 1. The Morgan fingerprint density at radius 1 is 1.42 bits per heavy atom. The summed E-state index contributed by atoms with van der Waals surface area (Å²) in [6, 6.07) is 3.58. The molecule has 3 heterocycles. The predicted octanol–water partition coefficient (Wildman–Crippen LogP) is 1.74. The zero-order valence-electron chi connectivity index (χ0n) is 10.5. The van der Waals surface area contributed by atoms with Gasteiger partial charge in [-0.25, -0.2) is 0 Å². The molecule has 1 aliphatic heterocycles. The first kappa shape index (κ1) is 12.1. The Labute approximate surface area is 110 Å². The molecule has 2 aromatic rings. The van der Waals surface area contributed by atoms with Gasteiger partial charge in [-0.1, -0.05) is 5.16 Å². The van der Waals surface area contributed by atoms with Gasteiger partial charge >= 0.3 is 0 Å². The Kier molecular flexibility index (Phi) is 3.41. The fourth-order valence-electron chi connectivity index (χ4n) is 2.26. The van der Waals surface area contributed by atoms with Crippen LogP contribution in [0.2, 0.25) is 0 Å². The normalized spacial score (nSPS) is 17.7. The van der Waals surface area contributed by atoms with Crippen molar-refractivity contribution in [2.75, 3.05) is 13.1 Å². The van der Waals surface area contributed by atoms with Gasteiger partial charge in [0, 0.05) is 5.92 Å². The summed E-state index contributed by atoms with van der Waals surface area (Å²) < 4.78 is 10.4. The maximum atomic E-state index is 10.7. The van der Waals surface area contributed by atoms with E-state index in [-0.39, 0.29) is 5.92 Å². The number of carbonyl (C=O) groups excluding carboxylic acids is 1. The van der Waals surface area contributed by atoms with Crippen LogP contribution < -0.4 is 0 Å². The van der Waals surface area contributed by atoms with Gasteiger partial charge < -0.3 is 13.7 Å². The SMILES string of the molecule is O=CC1CCN(Cc2nc(-c3ccco3)no2)CC1. The third kappa shape index (κ3) is 2.73. The molecular formula is C13H15N3O3. The van der Waals surface area contributed by atoms with E-state index in [2.05, 4.69) is 15.0 Å². The van der Waals surface area contributed by atoms with Crippen molar-refractivity contribution in [1.82, 2.24) is 15.0 Å². The number of rotatable bonds is 4. The number of aromatic nitrogens is 2. The van der Waals surface area contributed by atoms with E-state index in [1.165, 1.54) is 0 Å². The second-order valence-electron chi connectivity index (χ2n) is 4.74. The first-order chi connectivity index (χ1) is 9.35. The highest BCUT2D eigenvalue weighted by Crippen LogP contribution is 2.19. The van der Waals surface area contributed by atoms with Gasteiger partial charge in [0.1, 0.15) is 6.29 Å². The van der Waals surface area contributed by atoms with Crippen LogP contribution in [0, 0.1) is 5.92 Å². The second-order valence-corrected chi connectivity index (χ2v) is 4.74. The molecule has 0 spiro atoms. The summed E-state index contributed by atoms with van der Waals surface area (Å²) in [5, 5.41) is 3.89. The molecule has 2 aromatic heterocycles. The highest BCUT2D eigenvalue weighted by Gasteiger charge is 2.20. The molecule has 1 saturated heterocycles. The van der Waals surface area contributed by atoms with Crippen LogP contribution in [0.4, 0.5) is 0 Å². The van der Waals surface area contributed by atoms with Gasteiger partial charge in [0.05, 0.1) is 12.8 Å². The molecule has 0 unspecified atom stereocenters. The summed E-state index contributed by atoms with van der Waals surface area (Å²) in [5.41, 5.74) is 0. The largest absolute Gasteiger partial charge is 0.461 e. The Morgan fingerprint density at radius 2 is 2.26 bits per heavy atom. The first-order valence-corrected chi connectivity index (χ1v) is 6.39. The quantitative estimate of drug-likeness (QED) is 0.780. The maximum absolute atomic E-state index is 10.7. The van der Waals surface area contributed by atoms with E-state index in [9.17, 15) is 4.79 Å². The standard InChI is InChI=1S/C13H15N3O3/c17-9-10-3-5-16(6-4-10)8-12-14-13(15-19-12)11-2-1-7-18-11/h1-2,7,9-10H,3-6,8H2. The van der Waals surface area contributed by atoms with Gasteiger partial charge in [0.25, 0.3) is 0 Å². The van der Waals surface area contributed by atoms with E-state index in [1.54, 1.807) is 18.4 Å². The third-order valence-corrected chi connectivity index (χ3v) is 3.39. The van der Waals surface area contributed by atoms with E-state index in [0.29, 0.717) is 24.0 Å². The molecule has 0 atom stereocenters. The van der Waals surface area contributed by atoms with Gasteiger partial charge in [-0.15, -0.1) is 0 Å². The van der Waals surface area contributed by atoms with Crippen LogP contribution in [0.5, 0.6) is 0 Å². The Bertz CT molecular complexity index is 527. The fourth-order valence-corrected chi connectivity index (χ4v) is 2.26. The van der Waals surface area contributed by atoms with Crippen LogP contribution in [0.15, 0.2) is 27.3 Å². The number of hydrogen-bond acceptors (Lipinski definition) is 6. The van der Waals surface area contributed by atoms with Crippen molar-refractivity contribution in [1.29, 1.82) is 0 Å². The van der Waals surface area contributed by atoms with Crippen molar-refractivity contribution < 1.29 is 13.7 Å². The molecule has 19 heavy (non-hydrogen) atoms. The number of hydrogen-bond donors (Lipinski definition) is 0. The molecule has 0 radical (unpaired) electrons. The minimum Gasteiger partial charge on any atom is -0.461 e. The van der Waals surface area contributed by atoms with Gasteiger partial charge in [0.15, 0.2) is 5.76 Å². The average Bonchev–Trinajstić information content (AvgIpc) is 3.10. The Morgan fingerprint density at radius 3 is 2.95 bits per heavy atom. The molecule has 0 saturated carbocycles. The Hall–Kier alpha value is -1.95. The molecule has 6 heteroatoms. The summed E-state index contributed by atoms with van der Waals surface area (Å²) in [6.45, 7) is 2.41.